The molecule has 6 heteroatoms. The lowest BCUT2D eigenvalue weighted by Crippen LogP contribution is -2.40. The Balaban J connectivity index is 1.58. The SMILES string of the molecule is CCNC(=NCc1nc(-c2ccccc2)cs1)NCC1CCCS1. The molecule has 128 valence electrons. The molecule has 24 heavy (non-hydrogen) atoms. The molecule has 0 amide bonds. The van der Waals surface area contributed by atoms with E-state index in [0.717, 1.165) is 40.6 Å². The Hall–Kier alpha value is -1.53. The first kappa shape index (κ1) is 17.3. The summed E-state index contributed by atoms with van der Waals surface area (Å²) in [7, 11) is 0. The molecule has 1 aromatic heterocycles. The number of guanidine groups is 1. The van der Waals surface area contributed by atoms with E-state index in [1.807, 2.05) is 18.2 Å². The van der Waals surface area contributed by atoms with Crippen molar-refractivity contribution < 1.29 is 0 Å². The van der Waals surface area contributed by atoms with Gasteiger partial charge in [-0.3, -0.25) is 0 Å². The van der Waals surface area contributed by atoms with Gasteiger partial charge in [-0.15, -0.1) is 11.3 Å². The predicted octanol–water partition coefficient (Wildman–Crippen LogP) is 3.76. The van der Waals surface area contributed by atoms with Crippen LogP contribution in [-0.4, -0.2) is 35.0 Å². The van der Waals surface area contributed by atoms with Crippen LogP contribution in [0.1, 0.15) is 24.8 Å². The first-order valence-electron chi connectivity index (χ1n) is 8.48. The normalized spacial score (nSPS) is 17.9. The lowest BCUT2D eigenvalue weighted by atomic mass is 10.2. The van der Waals surface area contributed by atoms with Crippen LogP contribution in [0.3, 0.4) is 0 Å². The van der Waals surface area contributed by atoms with Gasteiger partial charge in [0.05, 0.1) is 12.2 Å². The van der Waals surface area contributed by atoms with E-state index in [4.69, 9.17) is 4.98 Å². The number of thioether (sulfide) groups is 1. The minimum Gasteiger partial charge on any atom is -0.357 e. The molecule has 1 saturated heterocycles. The number of nitrogens with one attached hydrogen (secondary N) is 2. The average molecular weight is 361 g/mol. The molecule has 0 saturated carbocycles. The maximum atomic E-state index is 4.70. The van der Waals surface area contributed by atoms with Crippen LogP contribution in [0.5, 0.6) is 0 Å². The second kappa shape index (κ2) is 9.08. The Morgan fingerprint density at radius 3 is 2.92 bits per heavy atom. The van der Waals surface area contributed by atoms with E-state index >= 15 is 0 Å². The van der Waals surface area contributed by atoms with Crippen LogP contribution in [0.25, 0.3) is 11.3 Å². The van der Waals surface area contributed by atoms with Gasteiger partial charge in [-0.05, 0) is 25.5 Å². The zero-order valence-electron chi connectivity index (χ0n) is 14.0. The van der Waals surface area contributed by atoms with Crippen LogP contribution in [0.4, 0.5) is 0 Å². The van der Waals surface area contributed by atoms with Crippen molar-refractivity contribution in [2.75, 3.05) is 18.8 Å². The molecule has 0 bridgehead atoms. The number of benzene rings is 1. The molecule has 2 heterocycles. The van der Waals surface area contributed by atoms with E-state index in [-0.39, 0.29) is 0 Å². The molecule has 2 aromatic rings. The Bertz CT molecular complexity index is 648. The standard InChI is InChI=1S/C18H24N4S2/c1-2-19-18(20-11-15-9-6-10-23-15)21-12-17-22-16(13-24-17)14-7-4-3-5-8-14/h3-5,7-8,13,15H,2,6,9-12H2,1H3,(H2,19,20,21). The number of aliphatic imine (C=N–C) groups is 1. The molecule has 2 N–H and O–H groups in total. The summed E-state index contributed by atoms with van der Waals surface area (Å²) in [6.45, 7) is 4.57. The second-order valence-corrected chi connectivity index (χ2v) is 8.05. The largest absolute Gasteiger partial charge is 0.357 e. The summed E-state index contributed by atoms with van der Waals surface area (Å²) in [5.74, 6) is 2.18. The number of nitrogens with zero attached hydrogens (tertiary/aromatic N) is 2. The summed E-state index contributed by atoms with van der Waals surface area (Å²) < 4.78 is 0. The van der Waals surface area contributed by atoms with Crippen LogP contribution in [-0.2, 0) is 6.54 Å². The van der Waals surface area contributed by atoms with Crippen molar-refractivity contribution in [2.45, 2.75) is 31.6 Å². The van der Waals surface area contributed by atoms with Crippen LogP contribution in [0.2, 0.25) is 0 Å². The number of aromatic nitrogens is 1. The van der Waals surface area contributed by atoms with Gasteiger partial charge in [0.1, 0.15) is 5.01 Å². The van der Waals surface area contributed by atoms with Gasteiger partial charge in [-0.2, -0.15) is 11.8 Å². The Kier molecular flexibility index (Phi) is 6.55. The van der Waals surface area contributed by atoms with Crippen LogP contribution < -0.4 is 10.6 Å². The molecule has 4 nitrogen and oxygen atoms in total. The van der Waals surface area contributed by atoms with Crippen molar-refractivity contribution in [3.05, 3.63) is 40.7 Å². The highest BCUT2D eigenvalue weighted by atomic mass is 32.2. The number of hydrogen-bond acceptors (Lipinski definition) is 4. The van der Waals surface area contributed by atoms with Gasteiger partial charge in [0.25, 0.3) is 0 Å². The van der Waals surface area contributed by atoms with Crippen molar-refractivity contribution in [1.29, 1.82) is 0 Å². The van der Waals surface area contributed by atoms with Gasteiger partial charge in [0.2, 0.25) is 0 Å². The summed E-state index contributed by atoms with van der Waals surface area (Å²) in [5.41, 5.74) is 2.19. The maximum Gasteiger partial charge on any atom is 0.191 e. The number of hydrogen-bond donors (Lipinski definition) is 2. The second-order valence-electron chi connectivity index (χ2n) is 5.70. The molecular weight excluding hydrogens is 336 g/mol. The Morgan fingerprint density at radius 1 is 1.29 bits per heavy atom. The van der Waals surface area contributed by atoms with Crippen LogP contribution in [0, 0.1) is 0 Å². The van der Waals surface area contributed by atoms with Gasteiger partial charge >= 0.3 is 0 Å². The van der Waals surface area contributed by atoms with E-state index in [9.17, 15) is 0 Å². The molecule has 1 unspecified atom stereocenters. The third-order valence-electron chi connectivity index (χ3n) is 3.86. The zero-order valence-corrected chi connectivity index (χ0v) is 15.6. The van der Waals surface area contributed by atoms with Crippen molar-refractivity contribution >= 4 is 29.1 Å². The highest BCUT2D eigenvalue weighted by Gasteiger charge is 2.15. The van der Waals surface area contributed by atoms with Crippen LogP contribution in [0.15, 0.2) is 40.7 Å². The Labute approximate surface area is 152 Å². The van der Waals surface area contributed by atoms with Crippen molar-refractivity contribution in [3.8, 4) is 11.3 Å². The average Bonchev–Trinajstić information content (AvgIpc) is 3.30. The lowest BCUT2D eigenvalue weighted by Gasteiger charge is -2.14. The molecule has 0 aliphatic carbocycles. The lowest BCUT2D eigenvalue weighted by molar-refractivity contribution is 0.727. The minimum absolute atomic E-state index is 0.616. The molecule has 3 rings (SSSR count). The van der Waals surface area contributed by atoms with Gasteiger partial charge in [0.15, 0.2) is 5.96 Å². The molecule has 0 spiro atoms. The van der Waals surface area contributed by atoms with Crippen molar-refractivity contribution in [1.82, 2.24) is 15.6 Å². The van der Waals surface area contributed by atoms with E-state index in [0.29, 0.717) is 6.54 Å². The number of thiazole rings is 1. The summed E-state index contributed by atoms with van der Waals surface area (Å²) in [4.78, 5) is 9.39. The monoisotopic (exact) mass is 360 g/mol. The summed E-state index contributed by atoms with van der Waals surface area (Å²) in [6, 6.07) is 10.3. The molecule has 1 atom stereocenters. The topological polar surface area (TPSA) is 49.3 Å². The highest BCUT2D eigenvalue weighted by Crippen LogP contribution is 2.25. The smallest absolute Gasteiger partial charge is 0.191 e. The Morgan fingerprint density at radius 2 is 2.17 bits per heavy atom. The van der Waals surface area contributed by atoms with E-state index in [1.54, 1.807) is 11.3 Å². The molecule has 1 aromatic carbocycles. The van der Waals surface area contributed by atoms with Crippen molar-refractivity contribution in [2.24, 2.45) is 4.99 Å². The quantitative estimate of drug-likeness (QED) is 0.608. The van der Waals surface area contributed by atoms with E-state index in [1.165, 1.54) is 18.6 Å². The van der Waals surface area contributed by atoms with Crippen LogP contribution >= 0.6 is 23.1 Å². The zero-order chi connectivity index (χ0) is 16.6. The van der Waals surface area contributed by atoms with E-state index in [2.05, 4.69) is 51.8 Å². The van der Waals surface area contributed by atoms with Gasteiger partial charge in [-0.1, -0.05) is 30.3 Å². The van der Waals surface area contributed by atoms with Gasteiger partial charge < -0.3 is 10.6 Å². The van der Waals surface area contributed by atoms with Gasteiger partial charge in [0, 0.05) is 29.3 Å². The number of rotatable bonds is 6. The van der Waals surface area contributed by atoms with Gasteiger partial charge in [-0.25, -0.2) is 9.98 Å². The molecule has 1 aliphatic heterocycles. The van der Waals surface area contributed by atoms with Crippen molar-refractivity contribution in [3.63, 3.8) is 0 Å². The summed E-state index contributed by atoms with van der Waals surface area (Å²) >= 11 is 3.73. The third-order valence-corrected chi connectivity index (χ3v) is 6.09. The molecule has 1 fully saturated rings. The predicted molar refractivity (Wildman–Crippen MR) is 106 cm³/mol. The first-order chi connectivity index (χ1) is 11.8. The van der Waals surface area contributed by atoms with E-state index < -0.39 is 0 Å². The highest BCUT2D eigenvalue weighted by molar-refractivity contribution is 8.00. The molecular formula is C18H24N4S2. The fourth-order valence-corrected chi connectivity index (χ4v) is 4.56. The molecule has 1 aliphatic rings. The fraction of sp³-hybridized carbons (Fsp3) is 0.444. The minimum atomic E-state index is 0.616. The summed E-state index contributed by atoms with van der Waals surface area (Å²) in [5, 5.41) is 10.7. The first-order valence-corrected chi connectivity index (χ1v) is 10.4. The maximum absolute atomic E-state index is 4.70. The third kappa shape index (κ3) is 4.98. The fourth-order valence-electron chi connectivity index (χ4n) is 2.63. The molecule has 0 radical (unpaired) electrons. The summed E-state index contributed by atoms with van der Waals surface area (Å²) in [6.07, 6.45) is 2.65.